The van der Waals surface area contributed by atoms with E-state index in [1.165, 1.54) is 16.9 Å². The van der Waals surface area contributed by atoms with Crippen LogP contribution < -0.4 is 10.6 Å². The topological polar surface area (TPSA) is 93.1 Å². The first-order chi connectivity index (χ1) is 7.58. The van der Waals surface area contributed by atoms with Gasteiger partial charge in [-0.2, -0.15) is 5.10 Å². The minimum Gasteiger partial charge on any atom is -0.338 e. The maximum Gasteiger partial charge on any atom is 0.270 e. The number of rotatable bonds is 2. The molecule has 2 rings (SSSR count). The van der Waals surface area contributed by atoms with Crippen molar-refractivity contribution in [2.75, 3.05) is 0 Å². The molecule has 1 fully saturated rings. The molecule has 1 aromatic rings. The highest BCUT2D eigenvalue weighted by atomic mass is 16.2. The molecule has 0 radical (unpaired) electrons. The number of amides is 3. The fourth-order valence-corrected chi connectivity index (χ4v) is 1.50. The highest BCUT2D eigenvalue weighted by Gasteiger charge is 2.32. The number of aromatic nitrogens is 2. The maximum atomic E-state index is 11.7. The Bertz CT molecular complexity index is 465. The minimum atomic E-state index is -0.783. The molecule has 1 saturated heterocycles. The summed E-state index contributed by atoms with van der Waals surface area (Å²) in [6.07, 6.45) is 1.47. The Morgan fingerprint density at radius 2 is 2.38 bits per heavy atom. The average molecular weight is 222 g/mol. The van der Waals surface area contributed by atoms with Crippen molar-refractivity contribution in [3.63, 3.8) is 0 Å². The van der Waals surface area contributed by atoms with Gasteiger partial charge in [0.1, 0.15) is 11.7 Å². The van der Waals surface area contributed by atoms with E-state index in [4.69, 9.17) is 0 Å². The summed E-state index contributed by atoms with van der Waals surface area (Å²) in [5.41, 5.74) is 0.340. The van der Waals surface area contributed by atoms with Crippen molar-refractivity contribution in [3.05, 3.63) is 18.0 Å². The van der Waals surface area contributed by atoms with Crippen molar-refractivity contribution in [2.45, 2.75) is 12.5 Å². The van der Waals surface area contributed by atoms with Crippen LogP contribution in [0.2, 0.25) is 0 Å². The predicted octanol–water partition coefficient (Wildman–Crippen LogP) is -1.43. The number of imide groups is 1. The second kappa shape index (κ2) is 3.76. The van der Waals surface area contributed by atoms with Gasteiger partial charge in [0, 0.05) is 13.2 Å². The van der Waals surface area contributed by atoms with Crippen molar-refractivity contribution >= 4 is 17.7 Å². The SMILES string of the molecule is Cn1nccc1C(=O)NC1CC(=O)NC1=O. The summed E-state index contributed by atoms with van der Waals surface area (Å²) >= 11 is 0. The molecule has 0 aliphatic carbocycles. The molecular weight excluding hydrogens is 212 g/mol. The number of carbonyl (C=O) groups is 3. The van der Waals surface area contributed by atoms with Crippen LogP contribution in [0, 0.1) is 0 Å². The molecule has 3 amide bonds. The highest BCUT2D eigenvalue weighted by Crippen LogP contribution is 2.03. The van der Waals surface area contributed by atoms with Gasteiger partial charge in [-0.25, -0.2) is 0 Å². The van der Waals surface area contributed by atoms with Crippen LogP contribution in [-0.4, -0.2) is 33.5 Å². The quantitative estimate of drug-likeness (QED) is 0.600. The zero-order valence-corrected chi connectivity index (χ0v) is 8.56. The van der Waals surface area contributed by atoms with E-state index >= 15 is 0 Å². The fourth-order valence-electron chi connectivity index (χ4n) is 1.50. The normalized spacial score (nSPS) is 19.7. The van der Waals surface area contributed by atoms with Gasteiger partial charge in [0.05, 0.1) is 6.42 Å². The van der Waals surface area contributed by atoms with Crippen LogP contribution in [0.1, 0.15) is 16.9 Å². The first-order valence-corrected chi connectivity index (χ1v) is 4.70. The van der Waals surface area contributed by atoms with Crippen molar-refractivity contribution in [3.8, 4) is 0 Å². The van der Waals surface area contributed by atoms with Gasteiger partial charge in [0.25, 0.3) is 5.91 Å². The summed E-state index contributed by atoms with van der Waals surface area (Å²) in [7, 11) is 1.62. The summed E-state index contributed by atoms with van der Waals surface area (Å²) in [6, 6.07) is 0.749. The van der Waals surface area contributed by atoms with E-state index in [1.54, 1.807) is 7.05 Å². The standard InChI is InChI=1S/C9H10N4O3/c1-13-6(2-3-10-13)9(16)11-5-4-7(14)12-8(5)15/h2-3,5H,4H2,1H3,(H,11,16)(H,12,14,15). The summed E-state index contributed by atoms with van der Waals surface area (Å²) in [4.78, 5) is 33.8. The molecule has 1 aromatic heterocycles. The third-order valence-electron chi connectivity index (χ3n) is 2.33. The Morgan fingerprint density at radius 1 is 1.62 bits per heavy atom. The maximum absolute atomic E-state index is 11.7. The van der Waals surface area contributed by atoms with Crippen molar-refractivity contribution in [2.24, 2.45) is 7.05 Å². The molecular formula is C9H10N4O3. The van der Waals surface area contributed by atoms with Gasteiger partial charge in [0.15, 0.2) is 0 Å². The number of aryl methyl sites for hydroxylation is 1. The third kappa shape index (κ3) is 1.79. The number of carbonyl (C=O) groups excluding carboxylic acids is 3. The Morgan fingerprint density at radius 3 is 2.88 bits per heavy atom. The van der Waals surface area contributed by atoms with Gasteiger partial charge < -0.3 is 5.32 Å². The van der Waals surface area contributed by atoms with Gasteiger partial charge >= 0.3 is 0 Å². The molecule has 1 aliphatic rings. The second-order valence-corrected chi connectivity index (χ2v) is 3.48. The van der Waals surface area contributed by atoms with Crippen LogP contribution >= 0.6 is 0 Å². The summed E-state index contributed by atoms with van der Waals surface area (Å²) in [6.45, 7) is 0. The highest BCUT2D eigenvalue weighted by molar-refractivity contribution is 6.07. The first-order valence-electron chi connectivity index (χ1n) is 4.70. The lowest BCUT2D eigenvalue weighted by atomic mass is 10.2. The van der Waals surface area contributed by atoms with Crippen molar-refractivity contribution < 1.29 is 14.4 Å². The molecule has 0 spiro atoms. The Balaban J connectivity index is 2.06. The van der Waals surface area contributed by atoms with Crippen LogP contribution in [-0.2, 0) is 16.6 Å². The van der Waals surface area contributed by atoms with Crippen LogP contribution in [0.4, 0.5) is 0 Å². The predicted molar refractivity (Wildman–Crippen MR) is 52.2 cm³/mol. The van der Waals surface area contributed by atoms with E-state index in [1.807, 2.05) is 0 Å². The minimum absolute atomic E-state index is 0.0115. The molecule has 7 heteroatoms. The van der Waals surface area contributed by atoms with Crippen LogP contribution in [0.25, 0.3) is 0 Å². The van der Waals surface area contributed by atoms with E-state index in [0.29, 0.717) is 5.69 Å². The smallest absolute Gasteiger partial charge is 0.270 e. The van der Waals surface area contributed by atoms with E-state index in [9.17, 15) is 14.4 Å². The molecule has 1 aliphatic heterocycles. The van der Waals surface area contributed by atoms with Gasteiger partial charge in [0.2, 0.25) is 11.8 Å². The van der Waals surface area contributed by atoms with Crippen LogP contribution in [0.3, 0.4) is 0 Å². The summed E-state index contributed by atoms with van der Waals surface area (Å²) < 4.78 is 1.39. The van der Waals surface area contributed by atoms with Crippen molar-refractivity contribution in [1.29, 1.82) is 0 Å². The molecule has 7 nitrogen and oxygen atoms in total. The molecule has 0 aromatic carbocycles. The van der Waals surface area contributed by atoms with Crippen LogP contribution in [0.5, 0.6) is 0 Å². The molecule has 84 valence electrons. The zero-order chi connectivity index (χ0) is 11.7. The molecule has 16 heavy (non-hydrogen) atoms. The van der Waals surface area contributed by atoms with Crippen LogP contribution in [0.15, 0.2) is 12.3 Å². The molecule has 0 bridgehead atoms. The average Bonchev–Trinajstić information content (AvgIpc) is 2.74. The van der Waals surface area contributed by atoms with E-state index in [2.05, 4.69) is 15.7 Å². The molecule has 1 atom stereocenters. The van der Waals surface area contributed by atoms with Gasteiger partial charge in [-0.05, 0) is 6.07 Å². The zero-order valence-electron chi connectivity index (χ0n) is 8.56. The molecule has 1 unspecified atom stereocenters. The largest absolute Gasteiger partial charge is 0.338 e. The lowest BCUT2D eigenvalue weighted by molar-refractivity contribution is -0.125. The third-order valence-corrected chi connectivity index (χ3v) is 2.33. The van der Waals surface area contributed by atoms with Gasteiger partial charge in [-0.15, -0.1) is 0 Å². The first kappa shape index (κ1) is 10.3. The molecule has 2 heterocycles. The number of hydrogen-bond acceptors (Lipinski definition) is 4. The second-order valence-electron chi connectivity index (χ2n) is 3.48. The number of hydrogen-bond donors (Lipinski definition) is 2. The Hall–Kier alpha value is -2.18. The number of nitrogens with zero attached hydrogens (tertiary/aromatic N) is 2. The van der Waals surface area contributed by atoms with Gasteiger partial charge in [-0.3, -0.25) is 24.4 Å². The molecule has 0 saturated carbocycles. The lowest BCUT2D eigenvalue weighted by Crippen LogP contribution is -2.40. The van der Waals surface area contributed by atoms with E-state index in [0.717, 1.165) is 0 Å². The fraction of sp³-hybridized carbons (Fsp3) is 0.333. The monoisotopic (exact) mass is 222 g/mol. The Labute approximate surface area is 90.8 Å². The van der Waals surface area contributed by atoms with Crippen molar-refractivity contribution in [1.82, 2.24) is 20.4 Å². The summed E-state index contributed by atoms with van der Waals surface area (Å²) in [5.74, 6) is -1.27. The summed E-state index contributed by atoms with van der Waals surface area (Å²) in [5, 5.41) is 8.42. The van der Waals surface area contributed by atoms with Gasteiger partial charge in [-0.1, -0.05) is 0 Å². The lowest BCUT2D eigenvalue weighted by Gasteiger charge is -2.08. The van der Waals surface area contributed by atoms with E-state index < -0.39 is 17.9 Å². The number of nitrogens with one attached hydrogen (secondary N) is 2. The van der Waals surface area contributed by atoms with E-state index in [-0.39, 0.29) is 12.3 Å². The molecule has 2 N–H and O–H groups in total. The Kier molecular flexibility index (Phi) is 2.43.